The molecule has 5 aliphatic rings. The van der Waals surface area contributed by atoms with Crippen molar-refractivity contribution in [3.63, 3.8) is 0 Å². The summed E-state index contributed by atoms with van der Waals surface area (Å²) in [5.41, 5.74) is 1.52. The minimum atomic E-state index is -0.327. The summed E-state index contributed by atoms with van der Waals surface area (Å²) in [7, 11) is 1.64. The smallest absolute Gasteiger partial charge is 0.336 e. The largest absolute Gasteiger partial charge is 0.497 e. The molecule has 6 nitrogen and oxygen atoms in total. The van der Waals surface area contributed by atoms with Gasteiger partial charge in [-0.1, -0.05) is 0 Å². The fourth-order valence-electron chi connectivity index (χ4n) is 7.80. The first kappa shape index (κ1) is 21.2. The van der Waals surface area contributed by atoms with Crippen molar-refractivity contribution in [1.29, 1.82) is 0 Å². The van der Waals surface area contributed by atoms with Gasteiger partial charge in [0, 0.05) is 50.6 Å². The normalized spacial score (nSPS) is 31.3. The van der Waals surface area contributed by atoms with E-state index in [4.69, 9.17) is 9.15 Å². The quantitative estimate of drug-likeness (QED) is 0.643. The first-order valence-electron chi connectivity index (χ1n) is 12.6. The van der Waals surface area contributed by atoms with Crippen molar-refractivity contribution in [1.82, 2.24) is 9.80 Å². The third-order valence-corrected chi connectivity index (χ3v) is 8.85. The molecule has 1 amide bonds. The van der Waals surface area contributed by atoms with Crippen LogP contribution in [0.2, 0.25) is 0 Å². The lowest BCUT2D eigenvalue weighted by Gasteiger charge is -2.57. The molecule has 4 saturated carbocycles. The third-order valence-electron chi connectivity index (χ3n) is 8.85. The number of amides is 1. The van der Waals surface area contributed by atoms with Gasteiger partial charge in [0.25, 0.3) is 0 Å². The van der Waals surface area contributed by atoms with Crippen LogP contribution in [0.15, 0.2) is 33.5 Å². The van der Waals surface area contributed by atoms with Gasteiger partial charge in [0.05, 0.1) is 7.11 Å². The van der Waals surface area contributed by atoms with Crippen molar-refractivity contribution in [2.75, 3.05) is 33.3 Å². The maximum atomic E-state index is 13.3. The number of methoxy groups -OCH3 is 1. The van der Waals surface area contributed by atoms with Gasteiger partial charge in [-0.05, 0) is 85.5 Å². The first-order valence-corrected chi connectivity index (χ1v) is 12.6. The van der Waals surface area contributed by atoms with E-state index in [1.54, 1.807) is 19.2 Å². The van der Waals surface area contributed by atoms with E-state index < -0.39 is 0 Å². The van der Waals surface area contributed by atoms with Gasteiger partial charge in [0.15, 0.2) is 0 Å². The molecule has 4 aliphatic carbocycles. The molecule has 0 radical (unpaired) electrons. The maximum Gasteiger partial charge on any atom is 0.336 e. The molecule has 1 saturated heterocycles. The highest BCUT2D eigenvalue weighted by Crippen LogP contribution is 2.61. The number of carbonyl (C=O) groups excluding carboxylic acids is 1. The minimum absolute atomic E-state index is 0.305. The zero-order chi connectivity index (χ0) is 22.6. The molecule has 6 heteroatoms. The molecule has 1 aromatic heterocycles. The summed E-state index contributed by atoms with van der Waals surface area (Å²) in [6.07, 6.45) is 8.90. The second-order valence-corrected chi connectivity index (χ2v) is 11.2. The molecular formula is C27H34N2O4. The zero-order valence-corrected chi connectivity index (χ0v) is 19.6. The highest BCUT2D eigenvalue weighted by atomic mass is 16.5. The van der Waals surface area contributed by atoms with Gasteiger partial charge < -0.3 is 14.1 Å². The van der Waals surface area contributed by atoms with Gasteiger partial charge in [-0.3, -0.25) is 9.69 Å². The number of hydrogen-bond donors (Lipinski definition) is 0. The molecule has 33 heavy (non-hydrogen) atoms. The van der Waals surface area contributed by atoms with Gasteiger partial charge in [-0.15, -0.1) is 0 Å². The molecule has 176 valence electrons. The van der Waals surface area contributed by atoms with Crippen molar-refractivity contribution in [3.8, 4) is 5.75 Å². The Morgan fingerprint density at radius 1 is 1.03 bits per heavy atom. The van der Waals surface area contributed by atoms with Crippen molar-refractivity contribution in [3.05, 3.63) is 40.2 Å². The standard InChI is InChI=1S/C27H34N2O4/c1-32-22-2-3-24-23(12-22)21(11-26(31)33-24)17-28-4-6-29(7-5-28)25(30)16-27-13-18-8-19(14-27)10-20(9-18)15-27/h2-3,11-12,18-20H,4-10,13-17H2,1H3. The van der Waals surface area contributed by atoms with E-state index >= 15 is 0 Å². The monoisotopic (exact) mass is 450 g/mol. The van der Waals surface area contributed by atoms with Crippen LogP contribution in [0.1, 0.15) is 50.5 Å². The van der Waals surface area contributed by atoms with Gasteiger partial charge >= 0.3 is 5.63 Å². The second kappa shape index (κ2) is 8.15. The Balaban J connectivity index is 1.10. The Kier molecular flexibility index (Phi) is 5.24. The van der Waals surface area contributed by atoms with Crippen LogP contribution in [0, 0.1) is 23.2 Å². The average molecular weight is 451 g/mol. The molecule has 0 spiro atoms. The Morgan fingerprint density at radius 3 is 2.33 bits per heavy atom. The SMILES string of the molecule is COc1ccc2oc(=O)cc(CN3CCN(C(=O)CC45CC6CC(CC(C6)C4)C5)CC3)c2c1. The van der Waals surface area contributed by atoms with Crippen LogP contribution in [0.5, 0.6) is 5.75 Å². The number of hydrogen-bond acceptors (Lipinski definition) is 5. The highest BCUT2D eigenvalue weighted by Gasteiger charge is 2.51. The number of ether oxygens (including phenoxy) is 1. The average Bonchev–Trinajstić information content (AvgIpc) is 2.78. The number of fused-ring (bicyclic) bond motifs is 1. The highest BCUT2D eigenvalue weighted by molar-refractivity contribution is 5.81. The Morgan fingerprint density at radius 2 is 1.70 bits per heavy atom. The zero-order valence-electron chi connectivity index (χ0n) is 19.6. The van der Waals surface area contributed by atoms with E-state index in [0.29, 0.717) is 23.4 Å². The molecule has 5 fully saturated rings. The fraction of sp³-hybridized carbons (Fsp3) is 0.630. The van der Waals surface area contributed by atoms with E-state index in [-0.39, 0.29) is 5.63 Å². The summed E-state index contributed by atoms with van der Waals surface area (Å²) < 4.78 is 10.7. The predicted octanol–water partition coefficient (Wildman–Crippen LogP) is 4.05. The first-order chi connectivity index (χ1) is 16.0. The van der Waals surface area contributed by atoms with Crippen molar-refractivity contribution in [2.45, 2.75) is 51.5 Å². The van der Waals surface area contributed by atoms with Gasteiger partial charge in [-0.25, -0.2) is 4.79 Å². The van der Waals surface area contributed by atoms with E-state index in [9.17, 15) is 9.59 Å². The van der Waals surface area contributed by atoms with Crippen LogP contribution in [0.4, 0.5) is 0 Å². The summed E-state index contributed by atoms with van der Waals surface area (Å²) in [6.45, 7) is 3.88. The fourth-order valence-corrected chi connectivity index (χ4v) is 7.80. The Hall–Kier alpha value is -2.34. The molecule has 4 bridgehead atoms. The van der Waals surface area contributed by atoms with Gasteiger partial charge in [-0.2, -0.15) is 0 Å². The molecule has 0 unspecified atom stereocenters. The predicted molar refractivity (Wildman–Crippen MR) is 126 cm³/mol. The second-order valence-electron chi connectivity index (χ2n) is 11.2. The molecule has 2 aromatic rings. The molecule has 0 atom stereocenters. The van der Waals surface area contributed by atoms with Gasteiger partial charge in [0.1, 0.15) is 11.3 Å². The molecule has 2 heterocycles. The molecule has 7 rings (SSSR count). The van der Waals surface area contributed by atoms with Crippen LogP contribution in [-0.2, 0) is 11.3 Å². The lowest BCUT2D eigenvalue weighted by Crippen LogP contribution is -2.52. The van der Waals surface area contributed by atoms with Crippen LogP contribution >= 0.6 is 0 Å². The van der Waals surface area contributed by atoms with E-state index in [1.807, 2.05) is 12.1 Å². The molecule has 1 aromatic carbocycles. The van der Waals surface area contributed by atoms with Crippen molar-refractivity contribution in [2.24, 2.45) is 23.2 Å². The third kappa shape index (κ3) is 4.07. The molecule has 1 aliphatic heterocycles. The number of nitrogens with zero attached hydrogens (tertiary/aromatic N) is 2. The summed E-state index contributed by atoms with van der Waals surface area (Å²) in [6, 6.07) is 7.12. The van der Waals surface area contributed by atoms with Crippen LogP contribution in [0.25, 0.3) is 11.0 Å². The van der Waals surface area contributed by atoms with Crippen LogP contribution in [0.3, 0.4) is 0 Å². The van der Waals surface area contributed by atoms with E-state index in [0.717, 1.165) is 67.1 Å². The Bertz CT molecular complexity index is 1080. The topological polar surface area (TPSA) is 63.0 Å². The van der Waals surface area contributed by atoms with E-state index in [2.05, 4.69) is 9.80 Å². The minimum Gasteiger partial charge on any atom is -0.497 e. The number of benzene rings is 1. The van der Waals surface area contributed by atoms with Crippen molar-refractivity contribution < 1.29 is 13.9 Å². The molecule has 0 N–H and O–H groups in total. The van der Waals surface area contributed by atoms with E-state index in [1.165, 1.54) is 38.5 Å². The van der Waals surface area contributed by atoms with Crippen LogP contribution < -0.4 is 10.4 Å². The summed E-state index contributed by atoms with van der Waals surface area (Å²) >= 11 is 0. The number of rotatable bonds is 5. The summed E-state index contributed by atoms with van der Waals surface area (Å²) in [4.78, 5) is 29.8. The molecular weight excluding hydrogens is 416 g/mol. The Labute approximate surface area is 194 Å². The lowest BCUT2D eigenvalue weighted by atomic mass is 9.49. The van der Waals surface area contributed by atoms with Crippen molar-refractivity contribution >= 4 is 16.9 Å². The summed E-state index contributed by atoms with van der Waals surface area (Å²) in [5, 5.41) is 0.911. The number of carbonyl (C=O) groups is 1. The summed E-state index contributed by atoms with van der Waals surface area (Å²) in [5.74, 6) is 3.78. The van der Waals surface area contributed by atoms with Crippen LogP contribution in [-0.4, -0.2) is 49.0 Å². The maximum absolute atomic E-state index is 13.3. The lowest BCUT2D eigenvalue weighted by molar-refractivity contribution is -0.141. The van der Waals surface area contributed by atoms with Gasteiger partial charge in [0.2, 0.25) is 5.91 Å². The number of piperazine rings is 1.